The molecule has 0 spiro atoms. The predicted octanol–water partition coefficient (Wildman–Crippen LogP) is 1.70. The minimum atomic E-state index is -1.03. The number of aromatic carboxylic acids is 1. The smallest absolute Gasteiger partial charge is 0.335 e. The number of fused-ring (bicyclic) bond motifs is 5. The molecule has 0 radical (unpaired) electrons. The van der Waals surface area contributed by atoms with Crippen molar-refractivity contribution in [2.75, 3.05) is 4.90 Å². The highest BCUT2D eigenvalue weighted by atomic mass is 16.4. The van der Waals surface area contributed by atoms with Crippen molar-refractivity contribution in [1.29, 1.82) is 0 Å². The van der Waals surface area contributed by atoms with Gasteiger partial charge in [-0.15, -0.1) is 0 Å². The van der Waals surface area contributed by atoms with Gasteiger partial charge in [0.05, 0.1) is 23.1 Å². The number of nitrogens with zero attached hydrogens (tertiary/aromatic N) is 1. The van der Waals surface area contributed by atoms with Gasteiger partial charge in [-0.3, -0.25) is 14.5 Å². The Balaban J connectivity index is 1.69. The first-order chi connectivity index (χ1) is 10.1. The van der Waals surface area contributed by atoms with E-state index in [9.17, 15) is 14.4 Å². The first kappa shape index (κ1) is 12.3. The van der Waals surface area contributed by atoms with E-state index in [1.807, 2.05) is 12.2 Å². The number of carbonyl (C=O) groups is 3. The molecular formula is C16H13NO4. The minimum absolute atomic E-state index is 0.139. The van der Waals surface area contributed by atoms with Crippen molar-refractivity contribution < 1.29 is 19.5 Å². The lowest BCUT2D eigenvalue weighted by molar-refractivity contribution is -0.123. The quantitative estimate of drug-likeness (QED) is 0.662. The first-order valence-corrected chi connectivity index (χ1v) is 6.97. The standard InChI is InChI=1S/C16H13NO4/c18-14-12-9-1-2-10(7-9)13(12)15(19)17(14)11-5-3-8(4-6-11)16(20)21/h1-6,9-10,12-13H,7H2,(H,20,21)/t9-,10-,12-,13-/m1/s1. The van der Waals surface area contributed by atoms with Crippen LogP contribution in [0.1, 0.15) is 16.8 Å². The Morgan fingerprint density at radius 2 is 1.52 bits per heavy atom. The van der Waals surface area contributed by atoms with Gasteiger partial charge in [0.1, 0.15) is 0 Å². The van der Waals surface area contributed by atoms with Crippen LogP contribution in [0, 0.1) is 23.7 Å². The molecule has 5 heteroatoms. The topological polar surface area (TPSA) is 74.7 Å². The first-order valence-electron chi connectivity index (χ1n) is 6.97. The Labute approximate surface area is 120 Å². The minimum Gasteiger partial charge on any atom is -0.478 e. The molecule has 1 aromatic rings. The Morgan fingerprint density at radius 1 is 1.00 bits per heavy atom. The molecule has 2 amide bonds. The molecule has 1 aliphatic heterocycles. The summed E-state index contributed by atoms with van der Waals surface area (Å²) in [6.45, 7) is 0. The van der Waals surface area contributed by atoms with Gasteiger partial charge in [0.25, 0.3) is 0 Å². The fraction of sp³-hybridized carbons (Fsp3) is 0.312. The van der Waals surface area contributed by atoms with Gasteiger partial charge in [0.2, 0.25) is 11.8 Å². The highest BCUT2D eigenvalue weighted by Crippen LogP contribution is 2.53. The Bertz CT molecular complexity index is 661. The van der Waals surface area contributed by atoms with E-state index in [0.29, 0.717) is 5.69 Å². The lowest BCUT2D eigenvalue weighted by atomic mass is 9.85. The molecule has 5 nitrogen and oxygen atoms in total. The third kappa shape index (κ3) is 1.54. The second-order valence-electron chi connectivity index (χ2n) is 5.86. The van der Waals surface area contributed by atoms with Gasteiger partial charge in [-0.2, -0.15) is 0 Å². The zero-order chi connectivity index (χ0) is 14.7. The van der Waals surface area contributed by atoms with Crippen molar-refractivity contribution in [2.45, 2.75) is 6.42 Å². The lowest BCUT2D eigenvalue weighted by Crippen LogP contribution is -2.32. The highest BCUT2D eigenvalue weighted by molar-refractivity contribution is 6.22. The summed E-state index contributed by atoms with van der Waals surface area (Å²) >= 11 is 0. The molecule has 106 valence electrons. The molecule has 2 aliphatic carbocycles. The molecule has 0 aromatic heterocycles. The van der Waals surface area contributed by atoms with Crippen LogP contribution in [-0.4, -0.2) is 22.9 Å². The second kappa shape index (κ2) is 4.04. The molecule has 1 saturated heterocycles. The van der Waals surface area contributed by atoms with Gasteiger partial charge >= 0.3 is 5.97 Å². The number of carboxylic acid groups (broad SMARTS) is 1. The van der Waals surface area contributed by atoms with Gasteiger partial charge < -0.3 is 5.11 Å². The maximum atomic E-state index is 12.6. The van der Waals surface area contributed by atoms with E-state index in [0.717, 1.165) is 6.42 Å². The third-order valence-electron chi connectivity index (χ3n) is 4.84. The monoisotopic (exact) mass is 283 g/mol. The van der Waals surface area contributed by atoms with E-state index in [2.05, 4.69) is 0 Å². The van der Waals surface area contributed by atoms with E-state index < -0.39 is 5.97 Å². The largest absolute Gasteiger partial charge is 0.478 e. The highest BCUT2D eigenvalue weighted by Gasteiger charge is 2.59. The van der Waals surface area contributed by atoms with Gasteiger partial charge in [-0.1, -0.05) is 12.2 Å². The molecule has 1 heterocycles. The van der Waals surface area contributed by atoms with Crippen LogP contribution in [0.15, 0.2) is 36.4 Å². The number of imide groups is 1. The summed E-state index contributed by atoms with van der Waals surface area (Å²) in [6.07, 6.45) is 5.00. The van der Waals surface area contributed by atoms with Crippen molar-refractivity contribution >= 4 is 23.5 Å². The van der Waals surface area contributed by atoms with Crippen molar-refractivity contribution in [3.63, 3.8) is 0 Å². The van der Waals surface area contributed by atoms with Crippen LogP contribution in [0.25, 0.3) is 0 Å². The number of benzene rings is 1. The van der Waals surface area contributed by atoms with Gasteiger partial charge in [0, 0.05) is 0 Å². The maximum Gasteiger partial charge on any atom is 0.335 e. The van der Waals surface area contributed by atoms with Crippen LogP contribution in [0.5, 0.6) is 0 Å². The molecule has 4 atom stereocenters. The Hall–Kier alpha value is -2.43. The number of hydrogen-bond acceptors (Lipinski definition) is 3. The maximum absolute atomic E-state index is 12.6. The summed E-state index contributed by atoms with van der Waals surface area (Å²) in [5.74, 6) is -1.42. The number of carbonyl (C=O) groups excluding carboxylic acids is 2. The van der Waals surface area contributed by atoms with Crippen LogP contribution in [-0.2, 0) is 9.59 Å². The van der Waals surface area contributed by atoms with Crippen LogP contribution >= 0.6 is 0 Å². The number of anilines is 1. The molecule has 1 aromatic carbocycles. The van der Waals surface area contributed by atoms with E-state index >= 15 is 0 Å². The Kier molecular flexibility index (Phi) is 2.37. The second-order valence-corrected chi connectivity index (χ2v) is 5.86. The zero-order valence-electron chi connectivity index (χ0n) is 11.1. The van der Waals surface area contributed by atoms with E-state index in [1.165, 1.54) is 29.2 Å². The molecule has 1 N–H and O–H groups in total. The fourth-order valence-electron chi connectivity index (χ4n) is 3.91. The predicted molar refractivity (Wildman–Crippen MR) is 73.6 cm³/mol. The number of amides is 2. The third-order valence-corrected chi connectivity index (χ3v) is 4.84. The summed E-state index contributed by atoms with van der Waals surface area (Å²) in [5, 5.41) is 8.90. The van der Waals surface area contributed by atoms with E-state index in [1.54, 1.807) is 0 Å². The molecule has 1 saturated carbocycles. The van der Waals surface area contributed by atoms with E-state index in [4.69, 9.17) is 5.11 Å². The molecule has 0 unspecified atom stereocenters. The molecule has 3 aliphatic rings. The lowest BCUT2D eigenvalue weighted by Gasteiger charge is -2.17. The van der Waals surface area contributed by atoms with Crippen molar-refractivity contribution in [1.82, 2.24) is 0 Å². The number of carboxylic acids is 1. The normalized spacial score (nSPS) is 32.9. The SMILES string of the molecule is O=C(O)c1ccc(N2C(=O)[C@H]3[C@H](C2=O)[C@@H]2C=C[C@@H]3C2)cc1. The van der Waals surface area contributed by atoms with Crippen molar-refractivity contribution in [2.24, 2.45) is 23.7 Å². The molecule has 4 rings (SSSR count). The summed E-state index contributed by atoms with van der Waals surface area (Å²) in [7, 11) is 0. The average Bonchev–Trinajstić information content (AvgIpc) is 3.13. The van der Waals surface area contributed by atoms with E-state index in [-0.39, 0.29) is 41.0 Å². The number of hydrogen-bond donors (Lipinski definition) is 1. The zero-order valence-corrected chi connectivity index (χ0v) is 11.1. The number of allylic oxidation sites excluding steroid dienone is 2. The fourth-order valence-corrected chi connectivity index (χ4v) is 3.91. The summed E-state index contributed by atoms with van der Waals surface area (Å²) < 4.78 is 0. The van der Waals surface area contributed by atoms with Gasteiger partial charge in [0.15, 0.2) is 0 Å². The van der Waals surface area contributed by atoms with Crippen molar-refractivity contribution in [3.05, 3.63) is 42.0 Å². The molecule has 21 heavy (non-hydrogen) atoms. The van der Waals surface area contributed by atoms with Gasteiger partial charge in [-0.05, 0) is 42.5 Å². The molecular weight excluding hydrogens is 270 g/mol. The average molecular weight is 283 g/mol. The number of rotatable bonds is 2. The summed E-state index contributed by atoms with van der Waals surface area (Å²) in [5.41, 5.74) is 0.601. The Morgan fingerprint density at radius 3 is 2.00 bits per heavy atom. The molecule has 2 fully saturated rings. The summed E-state index contributed by atoms with van der Waals surface area (Å²) in [6, 6.07) is 5.88. The van der Waals surface area contributed by atoms with Crippen molar-refractivity contribution in [3.8, 4) is 0 Å². The summed E-state index contributed by atoms with van der Waals surface area (Å²) in [4.78, 5) is 37.2. The van der Waals surface area contributed by atoms with Gasteiger partial charge in [-0.25, -0.2) is 4.79 Å². The van der Waals surface area contributed by atoms with Crippen LogP contribution in [0.2, 0.25) is 0 Å². The molecule has 2 bridgehead atoms. The van der Waals surface area contributed by atoms with Crippen LogP contribution in [0.4, 0.5) is 5.69 Å². The van der Waals surface area contributed by atoms with Crippen LogP contribution < -0.4 is 4.90 Å². The van der Waals surface area contributed by atoms with Crippen LogP contribution in [0.3, 0.4) is 0 Å².